The fourth-order valence-corrected chi connectivity index (χ4v) is 10.6. The van der Waals surface area contributed by atoms with Gasteiger partial charge in [-0.3, -0.25) is 4.79 Å². The molecule has 7 atom stereocenters. The molecule has 0 radical (unpaired) electrons. The summed E-state index contributed by atoms with van der Waals surface area (Å²) in [7, 11) is 0. The lowest BCUT2D eigenvalue weighted by Gasteiger charge is -2.40. The summed E-state index contributed by atoms with van der Waals surface area (Å²) in [5, 5.41) is 54.7. The van der Waals surface area contributed by atoms with E-state index in [9.17, 15) is 30.3 Å². The van der Waals surface area contributed by atoms with E-state index in [1.54, 1.807) is 6.08 Å². The maximum absolute atomic E-state index is 13.1. The molecule has 1 aliphatic heterocycles. The van der Waals surface area contributed by atoms with Gasteiger partial charge in [0.25, 0.3) is 0 Å². The highest BCUT2D eigenvalue weighted by Gasteiger charge is 2.44. The topological polar surface area (TPSA) is 149 Å². The summed E-state index contributed by atoms with van der Waals surface area (Å²) in [5.74, 6) is -0.189. The van der Waals surface area contributed by atoms with Gasteiger partial charge in [0.15, 0.2) is 6.29 Å². The molecule has 0 aromatic heterocycles. The number of rotatable bonds is 60. The van der Waals surface area contributed by atoms with Crippen LogP contribution >= 0.6 is 0 Å². The van der Waals surface area contributed by atoms with Crippen LogP contribution in [-0.4, -0.2) is 87.5 Å². The second-order valence-corrected chi connectivity index (χ2v) is 23.9. The number of carbonyl (C=O) groups excluding carboxylic acids is 1. The van der Waals surface area contributed by atoms with Crippen molar-refractivity contribution in [3.8, 4) is 0 Å². The van der Waals surface area contributed by atoms with Crippen molar-refractivity contribution in [1.29, 1.82) is 0 Å². The molecule has 1 saturated heterocycles. The van der Waals surface area contributed by atoms with Gasteiger partial charge in [-0.1, -0.05) is 316 Å². The minimum atomic E-state index is -1.58. The summed E-state index contributed by atoms with van der Waals surface area (Å²) in [5.41, 5.74) is 0. The zero-order valence-electron chi connectivity index (χ0n) is 54.1. The average molecular weight is 1170 g/mol. The Bertz CT molecular complexity index is 1690. The van der Waals surface area contributed by atoms with Crippen molar-refractivity contribution < 1.29 is 39.8 Å². The standard InChI is InChI=1S/C75H131NO8/c1-3-5-7-9-11-13-15-17-19-21-23-25-27-29-31-32-33-34-35-36-37-38-39-41-43-45-47-49-51-53-55-57-59-61-63-65-71(79)76-68(67-83-75-74(82)73(81)72(80)70(66-77)84-75)69(78)64-62-60-58-56-54-52-50-48-46-44-42-40-30-28-26-24-22-20-18-16-14-12-10-8-6-4-2/h5,7,11,13,17,19,23,25,29,31,33-34,36-37,54,56,62,64,68-70,72-75,77-78,80-82H,3-4,6,8-10,12,14-16,18,20-22,24,26-28,30,32,35,38-53,55,57-61,63,65-67H2,1-2H3,(H,76,79)/b7-5-,13-11-,19-17-,25-23-,31-29-,34-33-,37-36-,56-54+,64-62+. The smallest absolute Gasteiger partial charge is 0.220 e. The number of hydrogen-bond donors (Lipinski definition) is 6. The summed E-state index contributed by atoms with van der Waals surface area (Å²) in [6, 6.07) is -0.830. The summed E-state index contributed by atoms with van der Waals surface area (Å²) in [4.78, 5) is 13.1. The molecular weight excluding hydrogens is 1040 g/mol. The van der Waals surface area contributed by atoms with Gasteiger partial charge in [-0.15, -0.1) is 0 Å². The molecule has 1 aliphatic rings. The van der Waals surface area contributed by atoms with Crippen molar-refractivity contribution in [1.82, 2.24) is 5.32 Å². The highest BCUT2D eigenvalue weighted by Crippen LogP contribution is 2.23. The van der Waals surface area contributed by atoms with E-state index in [1.165, 1.54) is 199 Å². The third-order valence-corrected chi connectivity index (χ3v) is 16.1. The highest BCUT2D eigenvalue weighted by molar-refractivity contribution is 5.76. The lowest BCUT2D eigenvalue weighted by molar-refractivity contribution is -0.302. The van der Waals surface area contributed by atoms with Crippen molar-refractivity contribution in [3.63, 3.8) is 0 Å². The van der Waals surface area contributed by atoms with Crippen molar-refractivity contribution in [2.24, 2.45) is 0 Å². The molecule has 9 heteroatoms. The van der Waals surface area contributed by atoms with Crippen molar-refractivity contribution in [2.75, 3.05) is 13.2 Å². The third-order valence-electron chi connectivity index (χ3n) is 16.1. The number of allylic oxidation sites excluding steroid dienone is 17. The zero-order valence-corrected chi connectivity index (χ0v) is 54.1. The third kappa shape index (κ3) is 50.9. The first-order chi connectivity index (χ1) is 41.3. The van der Waals surface area contributed by atoms with Gasteiger partial charge in [-0.25, -0.2) is 0 Å². The Labute approximate surface area is 516 Å². The highest BCUT2D eigenvalue weighted by atomic mass is 16.7. The van der Waals surface area contributed by atoms with Crippen LogP contribution in [0.5, 0.6) is 0 Å². The number of ether oxygens (including phenoxy) is 2. The maximum Gasteiger partial charge on any atom is 0.220 e. The van der Waals surface area contributed by atoms with Crippen molar-refractivity contribution in [3.05, 3.63) is 109 Å². The second kappa shape index (κ2) is 62.9. The summed E-state index contributed by atoms with van der Waals surface area (Å²) in [6.45, 7) is 3.68. The van der Waals surface area contributed by atoms with Crippen LogP contribution in [-0.2, 0) is 14.3 Å². The zero-order chi connectivity index (χ0) is 60.7. The lowest BCUT2D eigenvalue weighted by Crippen LogP contribution is -2.60. The van der Waals surface area contributed by atoms with E-state index in [0.717, 1.165) is 83.5 Å². The molecular formula is C75H131NO8. The van der Waals surface area contributed by atoms with Crippen LogP contribution < -0.4 is 5.32 Å². The quantitative estimate of drug-likeness (QED) is 0.0261. The van der Waals surface area contributed by atoms with Crippen molar-refractivity contribution in [2.45, 2.75) is 346 Å². The predicted octanol–water partition coefficient (Wildman–Crippen LogP) is 19.2. The van der Waals surface area contributed by atoms with Gasteiger partial charge in [0.2, 0.25) is 5.91 Å². The Morgan fingerprint density at radius 1 is 0.417 bits per heavy atom. The molecule has 0 bridgehead atoms. The molecule has 7 unspecified atom stereocenters. The second-order valence-electron chi connectivity index (χ2n) is 23.9. The van der Waals surface area contributed by atoms with Crippen LogP contribution in [0.2, 0.25) is 0 Å². The molecule has 0 aromatic carbocycles. The van der Waals surface area contributed by atoms with Crippen LogP contribution in [0.25, 0.3) is 0 Å². The van der Waals surface area contributed by atoms with E-state index in [0.29, 0.717) is 6.42 Å². The number of nitrogens with one attached hydrogen (secondary N) is 1. The largest absolute Gasteiger partial charge is 0.394 e. The molecule has 9 nitrogen and oxygen atoms in total. The Hall–Kier alpha value is -3.15. The van der Waals surface area contributed by atoms with Crippen LogP contribution in [0, 0.1) is 0 Å². The number of hydrogen-bond acceptors (Lipinski definition) is 8. The number of aliphatic hydroxyl groups excluding tert-OH is 5. The minimum Gasteiger partial charge on any atom is -0.394 e. The predicted molar refractivity (Wildman–Crippen MR) is 359 cm³/mol. The summed E-state index contributed by atoms with van der Waals surface area (Å²) >= 11 is 0. The van der Waals surface area contributed by atoms with Gasteiger partial charge < -0.3 is 40.3 Å². The fourth-order valence-electron chi connectivity index (χ4n) is 10.6. The van der Waals surface area contributed by atoms with Gasteiger partial charge >= 0.3 is 0 Å². The van der Waals surface area contributed by atoms with Gasteiger partial charge in [-0.2, -0.15) is 0 Å². The van der Waals surface area contributed by atoms with E-state index >= 15 is 0 Å². The Kier molecular flexibility index (Phi) is 59.0. The monoisotopic (exact) mass is 1170 g/mol. The minimum absolute atomic E-state index is 0.189. The molecule has 0 saturated carbocycles. The molecule has 6 N–H and O–H groups in total. The summed E-state index contributed by atoms with van der Waals surface area (Å²) < 4.78 is 11.3. The van der Waals surface area contributed by atoms with Crippen molar-refractivity contribution >= 4 is 5.91 Å². The first kappa shape index (κ1) is 78.9. The molecule has 1 heterocycles. The molecule has 1 fully saturated rings. The number of amides is 1. The van der Waals surface area contributed by atoms with Crippen LogP contribution in [0.15, 0.2) is 109 Å². The Balaban J connectivity index is 2.16. The van der Waals surface area contributed by atoms with Crippen LogP contribution in [0.1, 0.15) is 303 Å². The first-order valence-corrected chi connectivity index (χ1v) is 35.1. The number of aliphatic hydroxyl groups is 5. The first-order valence-electron chi connectivity index (χ1n) is 35.1. The van der Waals surface area contributed by atoms with E-state index < -0.39 is 49.5 Å². The molecule has 1 amide bonds. The maximum atomic E-state index is 13.1. The summed E-state index contributed by atoms with van der Waals surface area (Å²) in [6.07, 6.45) is 86.2. The molecule has 0 aliphatic carbocycles. The number of carbonyl (C=O) groups is 1. The van der Waals surface area contributed by atoms with Crippen LogP contribution in [0.3, 0.4) is 0 Å². The van der Waals surface area contributed by atoms with Gasteiger partial charge in [-0.05, 0) is 89.9 Å². The molecule has 1 rings (SSSR count). The average Bonchev–Trinajstić information content (AvgIpc) is 3.70. The molecule has 0 spiro atoms. The SMILES string of the molecule is CC/C=C\C/C=C\C/C=C\C/C=C\C/C=C\C/C=C\C/C=C\CCCCCCCCCCCCCCCC(=O)NC(COC1OC(CO)C(O)C(O)C1O)C(O)/C=C/CC/C=C/CCCCCCCCCCCCCCCCCCCCCC. The van der Waals surface area contributed by atoms with E-state index in [-0.39, 0.29) is 12.5 Å². The van der Waals surface area contributed by atoms with Gasteiger partial charge in [0, 0.05) is 6.42 Å². The lowest BCUT2D eigenvalue weighted by atomic mass is 9.99. The molecule has 0 aromatic rings. The molecule has 484 valence electrons. The van der Waals surface area contributed by atoms with Gasteiger partial charge in [0.05, 0.1) is 25.4 Å². The van der Waals surface area contributed by atoms with E-state index in [1.807, 2.05) is 6.08 Å². The Morgan fingerprint density at radius 2 is 0.750 bits per heavy atom. The van der Waals surface area contributed by atoms with Gasteiger partial charge in [0.1, 0.15) is 24.4 Å². The normalized spacial score (nSPS) is 18.9. The number of unbranched alkanes of at least 4 members (excludes halogenated alkanes) is 34. The Morgan fingerprint density at radius 3 is 1.14 bits per heavy atom. The fraction of sp³-hybridized carbons (Fsp3) is 0.747. The molecule has 84 heavy (non-hydrogen) atoms. The van der Waals surface area contributed by atoms with E-state index in [4.69, 9.17) is 9.47 Å². The van der Waals surface area contributed by atoms with Crippen LogP contribution in [0.4, 0.5) is 0 Å². The van der Waals surface area contributed by atoms with E-state index in [2.05, 4.69) is 116 Å².